The summed E-state index contributed by atoms with van der Waals surface area (Å²) in [5.41, 5.74) is 5.95. The molecule has 122 valence electrons. The minimum Gasteiger partial charge on any atom is -0.442 e. The van der Waals surface area contributed by atoms with Gasteiger partial charge in [0.1, 0.15) is 10.9 Å². The van der Waals surface area contributed by atoms with Gasteiger partial charge >= 0.3 is 6.09 Å². The van der Waals surface area contributed by atoms with E-state index < -0.39 is 6.09 Å². The Labute approximate surface area is 143 Å². The van der Waals surface area contributed by atoms with Crippen molar-refractivity contribution in [3.05, 3.63) is 72.4 Å². The highest BCUT2D eigenvalue weighted by atomic mass is 32.2. The topological polar surface area (TPSA) is 83.0 Å². The van der Waals surface area contributed by atoms with Gasteiger partial charge in [-0.25, -0.2) is 9.78 Å². The van der Waals surface area contributed by atoms with Crippen molar-refractivity contribution in [2.75, 3.05) is 0 Å². The zero-order chi connectivity index (χ0) is 16.8. The fraction of sp³-hybridized carbons (Fsp3) is 0.118. The summed E-state index contributed by atoms with van der Waals surface area (Å²) in [5.74, 6) is 0.623. The molecule has 0 aliphatic rings. The van der Waals surface area contributed by atoms with E-state index in [1.165, 1.54) is 0 Å². The highest BCUT2D eigenvalue weighted by Crippen LogP contribution is 2.28. The van der Waals surface area contributed by atoms with Gasteiger partial charge in [0.25, 0.3) is 0 Å². The Bertz CT molecular complexity index is 806. The lowest BCUT2D eigenvalue weighted by molar-refractivity contribution is 0.145. The molecule has 0 radical (unpaired) electrons. The summed E-state index contributed by atoms with van der Waals surface area (Å²) in [6.07, 6.45) is 2.69. The molecule has 2 aromatic heterocycles. The van der Waals surface area contributed by atoms with Crippen LogP contribution < -0.4 is 5.73 Å². The Morgan fingerprint density at radius 1 is 1.12 bits per heavy atom. The van der Waals surface area contributed by atoms with Crippen LogP contribution in [-0.2, 0) is 17.9 Å². The number of carbonyl (C=O) groups excluding carboxylic acids is 1. The summed E-state index contributed by atoms with van der Waals surface area (Å²) < 4.78 is 6.87. The number of rotatable bonds is 6. The zero-order valence-electron chi connectivity index (χ0n) is 12.8. The molecular formula is C17H16N4O2S. The molecule has 0 atom stereocenters. The molecule has 24 heavy (non-hydrogen) atoms. The summed E-state index contributed by atoms with van der Waals surface area (Å²) in [4.78, 5) is 20.7. The zero-order valence-corrected chi connectivity index (χ0v) is 13.6. The largest absolute Gasteiger partial charge is 0.442 e. The van der Waals surface area contributed by atoms with E-state index in [1.807, 2.05) is 53.1 Å². The maximum Gasteiger partial charge on any atom is 0.404 e. The van der Waals surface area contributed by atoms with Crippen molar-refractivity contribution < 1.29 is 9.53 Å². The summed E-state index contributed by atoms with van der Waals surface area (Å²) in [6, 6.07) is 15.7. The minimum atomic E-state index is -0.820. The van der Waals surface area contributed by atoms with E-state index in [4.69, 9.17) is 10.5 Å². The van der Waals surface area contributed by atoms with Gasteiger partial charge in [0.05, 0.1) is 18.4 Å². The molecule has 0 spiro atoms. The number of primary amides is 1. The molecule has 0 aliphatic heterocycles. The van der Waals surface area contributed by atoms with Crippen molar-refractivity contribution in [3.8, 4) is 0 Å². The molecule has 3 rings (SSSR count). The molecule has 6 nitrogen and oxygen atoms in total. The molecule has 3 aromatic rings. The highest BCUT2D eigenvalue weighted by molar-refractivity contribution is 7.99. The van der Waals surface area contributed by atoms with Crippen LogP contribution in [0.4, 0.5) is 4.79 Å². The first-order chi connectivity index (χ1) is 11.7. The normalized spacial score (nSPS) is 10.5. The van der Waals surface area contributed by atoms with E-state index in [-0.39, 0.29) is 6.61 Å². The first kappa shape index (κ1) is 16.1. The Balaban J connectivity index is 1.88. The maximum atomic E-state index is 10.9. The first-order valence-electron chi connectivity index (χ1n) is 7.32. The van der Waals surface area contributed by atoms with Crippen LogP contribution in [0.3, 0.4) is 0 Å². The lowest BCUT2D eigenvalue weighted by atomic mass is 10.3. The second-order valence-corrected chi connectivity index (χ2v) is 6.04. The smallest absolute Gasteiger partial charge is 0.404 e. The molecule has 0 unspecified atom stereocenters. The number of hydrogen-bond donors (Lipinski definition) is 1. The fourth-order valence-electron chi connectivity index (χ4n) is 2.16. The second-order valence-electron chi connectivity index (χ2n) is 4.94. The maximum absolute atomic E-state index is 10.9. The molecule has 2 N–H and O–H groups in total. The van der Waals surface area contributed by atoms with Crippen LogP contribution in [0, 0.1) is 0 Å². The van der Waals surface area contributed by atoms with E-state index in [0.29, 0.717) is 12.4 Å². The second kappa shape index (κ2) is 7.65. The molecule has 0 bridgehead atoms. The lowest BCUT2D eigenvalue weighted by Gasteiger charge is -2.11. The number of aromatic nitrogens is 3. The Hall–Kier alpha value is -2.80. The molecule has 0 aliphatic carbocycles. The van der Waals surface area contributed by atoms with Crippen molar-refractivity contribution in [1.82, 2.24) is 14.5 Å². The molecule has 0 saturated carbocycles. The Morgan fingerprint density at radius 3 is 2.62 bits per heavy atom. The van der Waals surface area contributed by atoms with Gasteiger partial charge in [0.2, 0.25) is 0 Å². The number of benzene rings is 1. The molecular weight excluding hydrogens is 324 g/mol. The van der Waals surface area contributed by atoms with E-state index >= 15 is 0 Å². The van der Waals surface area contributed by atoms with Gasteiger partial charge in [-0.3, -0.25) is 4.98 Å². The molecule has 1 aromatic carbocycles. The van der Waals surface area contributed by atoms with Gasteiger partial charge in [-0.2, -0.15) is 0 Å². The number of amides is 1. The quantitative estimate of drug-likeness (QED) is 0.745. The number of carbonyl (C=O) groups is 1. The predicted octanol–water partition coefficient (Wildman–Crippen LogP) is 3.07. The van der Waals surface area contributed by atoms with Crippen LogP contribution in [0.2, 0.25) is 0 Å². The van der Waals surface area contributed by atoms with E-state index in [1.54, 1.807) is 24.2 Å². The van der Waals surface area contributed by atoms with Gasteiger partial charge < -0.3 is 15.0 Å². The van der Waals surface area contributed by atoms with E-state index in [2.05, 4.69) is 9.97 Å². The standard InChI is InChI=1S/C17H16N4O2S/c18-17(22)23-12-15-20-10-16(24-14-7-2-1-3-8-14)21(15)11-13-6-4-5-9-19-13/h1-10H,11-12H2,(H2,18,22). The minimum absolute atomic E-state index is 0.0253. The monoisotopic (exact) mass is 340 g/mol. The Kier molecular flexibility index (Phi) is 5.12. The van der Waals surface area contributed by atoms with Crippen LogP contribution in [0.1, 0.15) is 11.5 Å². The van der Waals surface area contributed by atoms with Crippen LogP contribution >= 0.6 is 11.8 Å². The number of nitrogens with two attached hydrogens (primary N) is 1. The molecule has 7 heteroatoms. The number of hydrogen-bond acceptors (Lipinski definition) is 5. The summed E-state index contributed by atoms with van der Waals surface area (Å²) >= 11 is 1.59. The van der Waals surface area contributed by atoms with Crippen LogP contribution in [0.25, 0.3) is 0 Å². The van der Waals surface area contributed by atoms with Crippen molar-refractivity contribution in [1.29, 1.82) is 0 Å². The third-order valence-electron chi connectivity index (χ3n) is 3.26. The van der Waals surface area contributed by atoms with Gasteiger partial charge in [-0.15, -0.1) is 0 Å². The van der Waals surface area contributed by atoms with E-state index in [0.717, 1.165) is 15.6 Å². The molecule has 2 heterocycles. The lowest BCUT2D eigenvalue weighted by Crippen LogP contribution is -2.16. The summed E-state index contributed by atoms with van der Waals surface area (Å²) in [7, 11) is 0. The third-order valence-corrected chi connectivity index (χ3v) is 4.30. The number of imidazole rings is 1. The molecule has 0 saturated heterocycles. The van der Waals surface area contributed by atoms with Crippen LogP contribution in [-0.4, -0.2) is 20.6 Å². The molecule has 1 amide bonds. The van der Waals surface area contributed by atoms with Gasteiger partial charge in [0.15, 0.2) is 6.61 Å². The predicted molar refractivity (Wildman–Crippen MR) is 90.5 cm³/mol. The van der Waals surface area contributed by atoms with Crippen molar-refractivity contribution in [3.63, 3.8) is 0 Å². The van der Waals surface area contributed by atoms with E-state index in [9.17, 15) is 4.79 Å². The Morgan fingerprint density at radius 2 is 1.92 bits per heavy atom. The SMILES string of the molecule is NC(=O)OCc1ncc(Sc2ccccc2)n1Cc1ccccn1. The molecule has 0 fully saturated rings. The van der Waals surface area contributed by atoms with Crippen molar-refractivity contribution in [2.45, 2.75) is 23.1 Å². The number of nitrogens with zero attached hydrogens (tertiary/aromatic N) is 3. The average molecular weight is 340 g/mol. The highest BCUT2D eigenvalue weighted by Gasteiger charge is 2.13. The van der Waals surface area contributed by atoms with Crippen molar-refractivity contribution in [2.24, 2.45) is 5.73 Å². The van der Waals surface area contributed by atoms with Gasteiger partial charge in [-0.1, -0.05) is 36.0 Å². The average Bonchev–Trinajstić information content (AvgIpc) is 2.96. The summed E-state index contributed by atoms with van der Waals surface area (Å²) in [6.45, 7) is 0.560. The van der Waals surface area contributed by atoms with Crippen molar-refractivity contribution >= 4 is 17.9 Å². The first-order valence-corrected chi connectivity index (χ1v) is 8.13. The summed E-state index contributed by atoms with van der Waals surface area (Å²) in [5, 5.41) is 0.940. The van der Waals surface area contributed by atoms with Gasteiger partial charge in [0, 0.05) is 11.1 Å². The fourth-order valence-corrected chi connectivity index (χ4v) is 3.08. The van der Waals surface area contributed by atoms with Crippen LogP contribution in [0.5, 0.6) is 0 Å². The van der Waals surface area contributed by atoms with Gasteiger partial charge in [-0.05, 0) is 24.3 Å². The van der Waals surface area contributed by atoms with Crippen LogP contribution in [0.15, 0.2) is 70.8 Å². The number of pyridine rings is 1. The third kappa shape index (κ3) is 4.14. The number of ether oxygens (including phenoxy) is 1.